The summed E-state index contributed by atoms with van der Waals surface area (Å²) in [6.07, 6.45) is 1.69. The van der Waals surface area contributed by atoms with E-state index in [1.54, 1.807) is 33.4 Å². The van der Waals surface area contributed by atoms with Crippen LogP contribution in [-0.2, 0) is 18.4 Å². The van der Waals surface area contributed by atoms with Crippen LogP contribution in [0.2, 0.25) is 0 Å². The smallest absolute Gasteiger partial charge is 0.298 e. The molecule has 3 heterocycles. The summed E-state index contributed by atoms with van der Waals surface area (Å²) in [6, 6.07) is 15.6. The minimum atomic E-state index is -0.640. The molecule has 0 unspecified atom stereocenters. The Kier molecular flexibility index (Phi) is 4.40. The van der Waals surface area contributed by atoms with Crippen LogP contribution in [0.5, 0.6) is 0 Å². The van der Waals surface area contributed by atoms with Crippen LogP contribution in [0.25, 0.3) is 33.9 Å². The van der Waals surface area contributed by atoms with Crippen molar-refractivity contribution >= 4 is 22.7 Å². The Balaban J connectivity index is 1.96. The Hall–Kier alpha value is -4.27. The minimum absolute atomic E-state index is 0.135. The number of aromatic nitrogens is 5. The number of hydrogen-bond acceptors (Lipinski definition) is 4. The van der Waals surface area contributed by atoms with E-state index in [-0.39, 0.29) is 35.0 Å². The summed E-state index contributed by atoms with van der Waals surface area (Å²) in [4.78, 5) is 42.1. The summed E-state index contributed by atoms with van der Waals surface area (Å²) < 4.78 is 20.1. The monoisotopic (exact) mass is 431 g/mol. The third kappa shape index (κ3) is 2.82. The molecule has 0 saturated heterocycles. The van der Waals surface area contributed by atoms with Gasteiger partial charge in [-0.15, -0.1) is 0 Å². The number of ketones is 1. The first-order valence-corrected chi connectivity index (χ1v) is 9.91. The first-order valence-electron chi connectivity index (χ1n) is 9.91. The van der Waals surface area contributed by atoms with E-state index in [4.69, 9.17) is 0 Å². The van der Waals surface area contributed by atoms with Crippen molar-refractivity contribution in [1.82, 2.24) is 23.1 Å². The fraction of sp³-hybridized carbons (Fsp3) is 0.130. The number of fused-ring (bicyclic) bond motifs is 3. The summed E-state index contributed by atoms with van der Waals surface area (Å²) in [5.41, 5.74) is 0.686. The van der Waals surface area contributed by atoms with Gasteiger partial charge in [0.25, 0.3) is 5.56 Å². The zero-order chi connectivity index (χ0) is 22.6. The van der Waals surface area contributed by atoms with Gasteiger partial charge in [0.05, 0.1) is 17.9 Å². The number of carbonyl (C=O) groups excluding carboxylic acids is 1. The minimum Gasteiger partial charge on any atom is -0.298 e. The lowest BCUT2D eigenvalue weighted by atomic mass is 10.1. The molecule has 9 heteroatoms. The number of imidazole rings is 2. The van der Waals surface area contributed by atoms with E-state index in [2.05, 4.69) is 4.98 Å². The molecular weight excluding hydrogens is 413 g/mol. The fourth-order valence-electron chi connectivity index (χ4n) is 3.94. The second-order valence-electron chi connectivity index (χ2n) is 7.56. The van der Waals surface area contributed by atoms with Gasteiger partial charge in [0, 0.05) is 18.8 Å². The van der Waals surface area contributed by atoms with Crippen molar-refractivity contribution in [2.75, 3.05) is 0 Å². The van der Waals surface area contributed by atoms with Gasteiger partial charge < -0.3 is 0 Å². The standard InChI is InChI=1S/C23H18FN5O3/c1-14(30)12-28-21(31)19-20(26(2)23(28)32)25-22-27(19)13-18(15-8-4-3-5-9-15)29(22)17-11-7-6-10-16(17)24/h3-11,13H,12H2,1-2H3. The Bertz CT molecular complexity index is 1640. The molecule has 0 aliphatic rings. The molecule has 32 heavy (non-hydrogen) atoms. The third-order valence-corrected chi connectivity index (χ3v) is 5.39. The van der Waals surface area contributed by atoms with E-state index in [0.717, 1.165) is 10.1 Å². The second kappa shape index (κ2) is 7.16. The molecule has 0 amide bonds. The van der Waals surface area contributed by atoms with Gasteiger partial charge in [-0.05, 0) is 19.1 Å². The summed E-state index contributed by atoms with van der Waals surface area (Å²) in [5, 5.41) is 0. The van der Waals surface area contributed by atoms with Gasteiger partial charge in [0.2, 0.25) is 5.78 Å². The summed E-state index contributed by atoms with van der Waals surface area (Å²) in [6.45, 7) is 0.971. The van der Waals surface area contributed by atoms with Gasteiger partial charge in [0.1, 0.15) is 11.6 Å². The Morgan fingerprint density at radius 1 is 1.03 bits per heavy atom. The highest BCUT2D eigenvalue weighted by Gasteiger charge is 2.23. The van der Waals surface area contributed by atoms with Crippen molar-refractivity contribution in [3.63, 3.8) is 0 Å². The largest absolute Gasteiger partial charge is 0.332 e. The van der Waals surface area contributed by atoms with Crippen molar-refractivity contribution in [1.29, 1.82) is 0 Å². The first-order chi connectivity index (χ1) is 15.4. The van der Waals surface area contributed by atoms with Gasteiger partial charge in [0.15, 0.2) is 11.2 Å². The van der Waals surface area contributed by atoms with Crippen molar-refractivity contribution in [2.45, 2.75) is 13.5 Å². The fourth-order valence-corrected chi connectivity index (χ4v) is 3.94. The molecule has 0 spiro atoms. The van der Waals surface area contributed by atoms with E-state index >= 15 is 0 Å². The number of rotatable bonds is 4. The quantitative estimate of drug-likeness (QED) is 0.438. The van der Waals surface area contributed by atoms with E-state index in [9.17, 15) is 18.8 Å². The first kappa shape index (κ1) is 19.7. The second-order valence-corrected chi connectivity index (χ2v) is 7.56. The number of Topliss-reactive ketones (excluding diaryl/α,β-unsaturated/α-hetero) is 1. The van der Waals surface area contributed by atoms with E-state index in [1.807, 2.05) is 30.3 Å². The normalized spacial score (nSPS) is 11.5. The highest BCUT2D eigenvalue weighted by atomic mass is 19.1. The highest BCUT2D eigenvalue weighted by Crippen LogP contribution is 2.29. The predicted octanol–water partition coefficient (Wildman–Crippen LogP) is 2.53. The predicted molar refractivity (Wildman–Crippen MR) is 118 cm³/mol. The zero-order valence-corrected chi connectivity index (χ0v) is 17.3. The Labute approximate surface area is 180 Å². The molecule has 0 aliphatic carbocycles. The van der Waals surface area contributed by atoms with Gasteiger partial charge in [-0.2, -0.15) is 4.98 Å². The van der Waals surface area contributed by atoms with Gasteiger partial charge in [-0.1, -0.05) is 42.5 Å². The van der Waals surface area contributed by atoms with Crippen LogP contribution in [0.15, 0.2) is 70.4 Å². The third-order valence-electron chi connectivity index (χ3n) is 5.39. The number of benzene rings is 2. The summed E-state index contributed by atoms with van der Waals surface area (Å²) >= 11 is 0. The number of para-hydroxylation sites is 1. The molecule has 160 valence electrons. The van der Waals surface area contributed by atoms with Crippen molar-refractivity contribution in [3.05, 3.63) is 87.4 Å². The summed E-state index contributed by atoms with van der Waals surface area (Å²) in [7, 11) is 1.48. The lowest BCUT2D eigenvalue weighted by Crippen LogP contribution is -2.40. The molecule has 2 aromatic carbocycles. The molecule has 5 rings (SSSR count). The maximum atomic E-state index is 14.8. The van der Waals surface area contributed by atoms with Crippen molar-refractivity contribution in [3.8, 4) is 16.9 Å². The topological polar surface area (TPSA) is 83.3 Å². The average Bonchev–Trinajstić information content (AvgIpc) is 3.32. The lowest BCUT2D eigenvalue weighted by Gasteiger charge is -2.10. The van der Waals surface area contributed by atoms with Crippen LogP contribution in [0.1, 0.15) is 6.92 Å². The molecule has 8 nitrogen and oxygen atoms in total. The van der Waals surface area contributed by atoms with Crippen molar-refractivity contribution < 1.29 is 9.18 Å². The van der Waals surface area contributed by atoms with Crippen LogP contribution in [0.3, 0.4) is 0 Å². The van der Waals surface area contributed by atoms with Crippen LogP contribution in [0, 0.1) is 5.82 Å². The maximum absolute atomic E-state index is 14.8. The van der Waals surface area contributed by atoms with Crippen molar-refractivity contribution in [2.24, 2.45) is 7.05 Å². The van der Waals surface area contributed by atoms with E-state index in [0.29, 0.717) is 5.69 Å². The number of nitrogens with zero attached hydrogens (tertiary/aromatic N) is 5. The molecule has 0 atom stereocenters. The number of halogens is 1. The van der Waals surface area contributed by atoms with Gasteiger partial charge >= 0.3 is 5.69 Å². The average molecular weight is 431 g/mol. The van der Waals surface area contributed by atoms with E-state index in [1.165, 1.54) is 24.6 Å². The molecule has 0 N–H and O–H groups in total. The Morgan fingerprint density at radius 3 is 2.41 bits per heavy atom. The highest BCUT2D eigenvalue weighted by molar-refractivity contribution is 5.80. The van der Waals surface area contributed by atoms with Crippen LogP contribution in [-0.4, -0.2) is 28.9 Å². The zero-order valence-electron chi connectivity index (χ0n) is 17.3. The van der Waals surface area contributed by atoms with Gasteiger partial charge in [-0.3, -0.25) is 27.7 Å². The van der Waals surface area contributed by atoms with E-state index < -0.39 is 17.1 Å². The molecule has 3 aromatic heterocycles. The number of aryl methyl sites for hydroxylation is 1. The maximum Gasteiger partial charge on any atom is 0.332 e. The molecule has 5 aromatic rings. The SMILES string of the molecule is CC(=O)Cn1c(=O)c2c(nc3n(-c4ccccc4F)c(-c4ccccc4)cn23)n(C)c1=O. The molecule has 0 aliphatic heterocycles. The van der Waals surface area contributed by atoms with Crippen LogP contribution < -0.4 is 11.2 Å². The molecule has 0 saturated carbocycles. The number of carbonyl (C=O) groups is 1. The summed E-state index contributed by atoms with van der Waals surface area (Å²) in [5.74, 6) is -0.507. The van der Waals surface area contributed by atoms with Gasteiger partial charge in [-0.25, -0.2) is 9.18 Å². The van der Waals surface area contributed by atoms with Crippen LogP contribution >= 0.6 is 0 Å². The molecule has 0 fully saturated rings. The lowest BCUT2D eigenvalue weighted by molar-refractivity contribution is -0.117. The molecule has 0 radical (unpaired) electrons. The number of hydrogen-bond donors (Lipinski definition) is 0. The molecule has 0 bridgehead atoms. The Morgan fingerprint density at radius 2 is 1.72 bits per heavy atom. The molecular formula is C23H18FN5O3. The van der Waals surface area contributed by atoms with Crippen LogP contribution in [0.4, 0.5) is 4.39 Å².